The molecule has 2 aromatic carbocycles. The highest BCUT2D eigenvalue weighted by molar-refractivity contribution is 7.92. The first-order valence-electron chi connectivity index (χ1n) is 8.38. The summed E-state index contributed by atoms with van der Waals surface area (Å²) in [4.78, 5) is 12.3. The molecule has 0 spiro atoms. The van der Waals surface area contributed by atoms with Crippen LogP contribution >= 0.6 is 11.6 Å². The third-order valence-corrected chi connectivity index (χ3v) is 5.32. The molecule has 140 valence electrons. The number of para-hydroxylation sites is 1. The van der Waals surface area contributed by atoms with E-state index in [9.17, 15) is 13.2 Å². The normalized spacial score (nSPS) is 11.2. The summed E-state index contributed by atoms with van der Waals surface area (Å²) in [6.07, 6.45) is 2.41. The van der Waals surface area contributed by atoms with Gasteiger partial charge in [-0.1, -0.05) is 48.9 Å². The Labute approximate surface area is 160 Å². The van der Waals surface area contributed by atoms with E-state index in [0.29, 0.717) is 30.1 Å². The van der Waals surface area contributed by atoms with Crippen molar-refractivity contribution in [3.8, 4) is 0 Å². The van der Waals surface area contributed by atoms with E-state index in [2.05, 4.69) is 5.32 Å². The van der Waals surface area contributed by atoms with E-state index in [0.717, 1.165) is 21.7 Å². The Morgan fingerprint density at radius 3 is 2.54 bits per heavy atom. The fourth-order valence-corrected chi connectivity index (χ4v) is 3.76. The minimum absolute atomic E-state index is 0.245. The van der Waals surface area contributed by atoms with Crippen LogP contribution in [0.1, 0.15) is 18.1 Å². The summed E-state index contributed by atoms with van der Waals surface area (Å²) < 4.78 is 25.6. The minimum atomic E-state index is -3.57. The number of halogens is 1. The van der Waals surface area contributed by atoms with E-state index in [-0.39, 0.29) is 12.5 Å². The first kappa shape index (κ1) is 20.3. The molecule has 0 unspecified atom stereocenters. The van der Waals surface area contributed by atoms with Crippen LogP contribution in [0, 0.1) is 0 Å². The van der Waals surface area contributed by atoms with Gasteiger partial charge in [0, 0.05) is 11.6 Å². The molecule has 1 N–H and O–H groups in total. The van der Waals surface area contributed by atoms with Crippen LogP contribution in [0.2, 0.25) is 5.02 Å². The molecule has 0 aliphatic heterocycles. The van der Waals surface area contributed by atoms with E-state index < -0.39 is 10.0 Å². The SMILES string of the molecule is CCc1ccccc1N(CC(=O)NCCc1cccc(Cl)c1)S(C)(=O)=O. The average molecular weight is 395 g/mol. The van der Waals surface area contributed by atoms with Gasteiger partial charge in [0.05, 0.1) is 11.9 Å². The second kappa shape index (κ2) is 9.05. The zero-order valence-electron chi connectivity index (χ0n) is 14.9. The Hall–Kier alpha value is -2.05. The van der Waals surface area contributed by atoms with Crippen LogP contribution < -0.4 is 9.62 Å². The zero-order chi connectivity index (χ0) is 19.2. The quantitative estimate of drug-likeness (QED) is 0.748. The highest BCUT2D eigenvalue weighted by Gasteiger charge is 2.22. The maximum atomic E-state index is 12.3. The number of carbonyl (C=O) groups excluding carboxylic acids is 1. The van der Waals surface area contributed by atoms with Gasteiger partial charge in [-0.15, -0.1) is 0 Å². The molecule has 0 atom stereocenters. The molecule has 2 aromatic rings. The molecule has 0 heterocycles. The predicted octanol–water partition coefficient (Wildman–Crippen LogP) is 3.03. The van der Waals surface area contributed by atoms with Gasteiger partial charge in [0.1, 0.15) is 6.54 Å². The van der Waals surface area contributed by atoms with Crippen molar-refractivity contribution in [2.75, 3.05) is 23.7 Å². The van der Waals surface area contributed by atoms with Crippen LogP contribution in [0.4, 0.5) is 5.69 Å². The third-order valence-electron chi connectivity index (χ3n) is 3.95. The predicted molar refractivity (Wildman–Crippen MR) is 106 cm³/mol. The van der Waals surface area contributed by atoms with Crippen molar-refractivity contribution in [1.29, 1.82) is 0 Å². The summed E-state index contributed by atoms with van der Waals surface area (Å²) in [7, 11) is -3.57. The average Bonchev–Trinajstić information content (AvgIpc) is 2.59. The maximum absolute atomic E-state index is 12.3. The van der Waals surface area contributed by atoms with Crippen molar-refractivity contribution in [3.05, 3.63) is 64.7 Å². The van der Waals surface area contributed by atoms with Gasteiger partial charge in [-0.2, -0.15) is 0 Å². The Morgan fingerprint density at radius 2 is 1.88 bits per heavy atom. The topological polar surface area (TPSA) is 66.5 Å². The van der Waals surface area contributed by atoms with Gasteiger partial charge in [0.25, 0.3) is 0 Å². The summed E-state index contributed by atoms with van der Waals surface area (Å²) in [5.41, 5.74) is 2.43. The first-order valence-corrected chi connectivity index (χ1v) is 10.6. The number of rotatable bonds is 8. The molecule has 0 bridgehead atoms. The Bertz CT molecular complexity index is 869. The molecule has 0 aromatic heterocycles. The lowest BCUT2D eigenvalue weighted by Crippen LogP contribution is -2.41. The van der Waals surface area contributed by atoms with Gasteiger partial charge in [-0.25, -0.2) is 8.42 Å². The summed E-state index contributed by atoms with van der Waals surface area (Å²) in [5.74, 6) is -0.344. The molecule has 7 heteroatoms. The molecule has 5 nitrogen and oxygen atoms in total. The lowest BCUT2D eigenvalue weighted by Gasteiger charge is -2.24. The fraction of sp³-hybridized carbons (Fsp3) is 0.316. The van der Waals surface area contributed by atoms with Gasteiger partial charge >= 0.3 is 0 Å². The van der Waals surface area contributed by atoms with E-state index >= 15 is 0 Å². The first-order chi connectivity index (χ1) is 12.3. The van der Waals surface area contributed by atoms with E-state index in [1.165, 1.54) is 0 Å². The van der Waals surface area contributed by atoms with Crippen LogP contribution in [0.5, 0.6) is 0 Å². The molecule has 0 saturated carbocycles. The largest absolute Gasteiger partial charge is 0.354 e. The van der Waals surface area contributed by atoms with Crippen molar-refractivity contribution in [3.63, 3.8) is 0 Å². The number of anilines is 1. The molecular weight excluding hydrogens is 372 g/mol. The lowest BCUT2D eigenvalue weighted by atomic mass is 10.1. The van der Waals surface area contributed by atoms with Gasteiger partial charge in [-0.3, -0.25) is 9.10 Å². The van der Waals surface area contributed by atoms with Gasteiger partial charge in [0.15, 0.2) is 0 Å². The number of hydrogen-bond acceptors (Lipinski definition) is 3. The fourth-order valence-electron chi connectivity index (χ4n) is 2.66. The van der Waals surface area contributed by atoms with Gasteiger partial charge < -0.3 is 5.32 Å². The lowest BCUT2D eigenvalue weighted by molar-refractivity contribution is -0.119. The third kappa shape index (κ3) is 5.75. The van der Waals surface area contributed by atoms with E-state index in [1.54, 1.807) is 18.2 Å². The number of amides is 1. The van der Waals surface area contributed by atoms with Gasteiger partial charge in [-0.05, 0) is 42.2 Å². The second-order valence-corrected chi connectivity index (χ2v) is 8.33. The standard InChI is InChI=1S/C19H23ClN2O3S/c1-3-16-8-4-5-10-18(16)22(26(2,24)25)14-19(23)21-12-11-15-7-6-9-17(20)13-15/h4-10,13H,3,11-12,14H2,1-2H3,(H,21,23). The maximum Gasteiger partial charge on any atom is 0.240 e. The number of nitrogens with one attached hydrogen (secondary N) is 1. The Morgan fingerprint density at radius 1 is 1.15 bits per heavy atom. The number of sulfonamides is 1. The van der Waals surface area contributed by atoms with E-state index in [1.807, 2.05) is 37.3 Å². The number of carbonyl (C=O) groups is 1. The van der Waals surface area contributed by atoms with E-state index in [4.69, 9.17) is 11.6 Å². The highest BCUT2D eigenvalue weighted by atomic mass is 35.5. The molecule has 1 amide bonds. The summed E-state index contributed by atoms with van der Waals surface area (Å²) in [5, 5.41) is 3.42. The number of nitrogens with zero attached hydrogens (tertiary/aromatic N) is 1. The van der Waals surface area contributed by atoms with Crippen LogP contribution in [0.3, 0.4) is 0 Å². The molecule has 0 radical (unpaired) electrons. The summed E-state index contributed by atoms with van der Waals surface area (Å²) in [6, 6.07) is 14.6. The van der Waals surface area contributed by atoms with Crippen LogP contribution in [0.25, 0.3) is 0 Å². The smallest absolute Gasteiger partial charge is 0.240 e. The summed E-state index contributed by atoms with van der Waals surface area (Å²) in [6.45, 7) is 2.11. The second-order valence-electron chi connectivity index (χ2n) is 5.98. The molecular formula is C19H23ClN2O3S. The Balaban J connectivity index is 2.03. The van der Waals surface area contributed by atoms with Crippen molar-refractivity contribution >= 4 is 33.2 Å². The van der Waals surface area contributed by atoms with Crippen molar-refractivity contribution in [2.45, 2.75) is 19.8 Å². The minimum Gasteiger partial charge on any atom is -0.354 e. The monoisotopic (exact) mass is 394 g/mol. The zero-order valence-corrected chi connectivity index (χ0v) is 16.5. The van der Waals surface area contributed by atoms with Crippen molar-refractivity contribution in [2.24, 2.45) is 0 Å². The molecule has 26 heavy (non-hydrogen) atoms. The number of benzene rings is 2. The molecule has 0 aliphatic rings. The molecule has 2 rings (SSSR count). The van der Waals surface area contributed by atoms with Crippen LogP contribution in [-0.2, 0) is 27.7 Å². The van der Waals surface area contributed by atoms with Gasteiger partial charge in [0.2, 0.25) is 15.9 Å². The number of aryl methyl sites for hydroxylation is 1. The van der Waals surface area contributed by atoms with Crippen molar-refractivity contribution in [1.82, 2.24) is 5.32 Å². The van der Waals surface area contributed by atoms with Crippen LogP contribution in [-0.4, -0.2) is 33.7 Å². The van der Waals surface area contributed by atoms with Crippen LogP contribution in [0.15, 0.2) is 48.5 Å². The highest BCUT2D eigenvalue weighted by Crippen LogP contribution is 2.23. The van der Waals surface area contributed by atoms with Crippen molar-refractivity contribution < 1.29 is 13.2 Å². The Kier molecular flexibility index (Phi) is 7.06. The molecule has 0 saturated heterocycles. The number of hydrogen-bond donors (Lipinski definition) is 1. The molecule has 0 fully saturated rings. The molecule has 0 aliphatic carbocycles. The summed E-state index contributed by atoms with van der Waals surface area (Å²) >= 11 is 5.94.